The molecule has 1 N–H and O–H groups in total. The zero-order valence-corrected chi connectivity index (χ0v) is 10.7. The highest BCUT2D eigenvalue weighted by Crippen LogP contribution is 2.24. The number of hydrogen-bond donors (Lipinski definition) is 1. The molecule has 0 unspecified atom stereocenters. The van der Waals surface area contributed by atoms with Gasteiger partial charge >= 0.3 is 6.36 Å². The predicted octanol–water partition coefficient (Wildman–Crippen LogP) is 3.64. The maximum atomic E-state index is 12.0. The van der Waals surface area contributed by atoms with Gasteiger partial charge in [-0.2, -0.15) is 0 Å². The largest absolute Gasteiger partial charge is 0.573 e. The monoisotopic (exact) mass is 303 g/mol. The number of halogens is 4. The number of aromatic nitrogens is 2. The first-order valence-corrected chi connectivity index (χ1v) is 5.86. The third kappa shape index (κ3) is 4.58. The number of alkyl halides is 3. The van der Waals surface area contributed by atoms with Crippen LogP contribution >= 0.6 is 11.6 Å². The Morgan fingerprint density at radius 3 is 2.45 bits per heavy atom. The van der Waals surface area contributed by atoms with Crippen molar-refractivity contribution in [3.05, 3.63) is 47.5 Å². The van der Waals surface area contributed by atoms with Gasteiger partial charge in [0.2, 0.25) is 0 Å². The molecule has 106 valence electrons. The number of rotatable bonds is 4. The number of hydrogen-bond acceptors (Lipinski definition) is 4. The van der Waals surface area contributed by atoms with E-state index in [1.807, 2.05) is 0 Å². The summed E-state index contributed by atoms with van der Waals surface area (Å²) < 4.78 is 39.7. The van der Waals surface area contributed by atoms with Gasteiger partial charge in [-0.3, -0.25) is 0 Å². The van der Waals surface area contributed by atoms with E-state index in [0.29, 0.717) is 23.1 Å². The topological polar surface area (TPSA) is 47.0 Å². The van der Waals surface area contributed by atoms with Crippen molar-refractivity contribution in [2.75, 3.05) is 5.32 Å². The summed E-state index contributed by atoms with van der Waals surface area (Å²) in [6, 6.07) is 7.00. The van der Waals surface area contributed by atoms with Crippen LogP contribution in [-0.2, 0) is 6.54 Å². The minimum atomic E-state index is -4.69. The lowest BCUT2D eigenvalue weighted by atomic mass is 10.3. The number of nitrogens with one attached hydrogen (secondary N) is 1. The van der Waals surface area contributed by atoms with Crippen molar-refractivity contribution >= 4 is 17.3 Å². The molecule has 1 aromatic carbocycles. The van der Waals surface area contributed by atoms with Crippen LogP contribution in [0, 0.1) is 0 Å². The van der Waals surface area contributed by atoms with E-state index in [1.165, 1.54) is 30.6 Å². The van der Waals surface area contributed by atoms with E-state index in [-0.39, 0.29) is 5.75 Å². The van der Waals surface area contributed by atoms with Crippen LogP contribution in [0.1, 0.15) is 5.69 Å². The highest BCUT2D eigenvalue weighted by Gasteiger charge is 2.30. The fourth-order valence-corrected chi connectivity index (χ4v) is 1.60. The molecule has 20 heavy (non-hydrogen) atoms. The highest BCUT2D eigenvalue weighted by atomic mass is 35.5. The van der Waals surface area contributed by atoms with E-state index >= 15 is 0 Å². The van der Waals surface area contributed by atoms with E-state index in [1.54, 1.807) is 6.07 Å². The first-order chi connectivity index (χ1) is 9.42. The van der Waals surface area contributed by atoms with Crippen LogP contribution in [0.4, 0.5) is 18.9 Å². The number of nitrogens with zero attached hydrogens (tertiary/aromatic N) is 2. The van der Waals surface area contributed by atoms with Crippen molar-refractivity contribution in [3.8, 4) is 5.75 Å². The Morgan fingerprint density at radius 1 is 1.15 bits per heavy atom. The van der Waals surface area contributed by atoms with Crippen molar-refractivity contribution in [1.82, 2.24) is 9.97 Å². The van der Waals surface area contributed by atoms with Crippen LogP contribution in [0.25, 0.3) is 0 Å². The summed E-state index contributed by atoms with van der Waals surface area (Å²) in [4.78, 5) is 7.73. The normalized spacial score (nSPS) is 11.2. The molecule has 1 heterocycles. The minimum absolute atomic E-state index is 0.270. The lowest BCUT2D eigenvalue weighted by molar-refractivity contribution is -0.274. The molecule has 0 amide bonds. The molecule has 0 bridgehead atoms. The van der Waals surface area contributed by atoms with E-state index < -0.39 is 6.36 Å². The summed E-state index contributed by atoms with van der Waals surface area (Å²) in [5.74, 6) is -0.270. The Bertz CT molecular complexity index is 575. The molecule has 8 heteroatoms. The van der Waals surface area contributed by atoms with Crippen LogP contribution < -0.4 is 10.1 Å². The third-order valence-electron chi connectivity index (χ3n) is 2.25. The molecule has 0 aliphatic rings. The molecule has 0 atom stereocenters. The van der Waals surface area contributed by atoms with Gasteiger partial charge in [-0.05, 0) is 30.3 Å². The van der Waals surface area contributed by atoms with Gasteiger partial charge in [0.1, 0.15) is 17.2 Å². The minimum Gasteiger partial charge on any atom is -0.406 e. The predicted molar refractivity (Wildman–Crippen MR) is 67.5 cm³/mol. The van der Waals surface area contributed by atoms with Gasteiger partial charge < -0.3 is 10.1 Å². The van der Waals surface area contributed by atoms with Crippen LogP contribution in [0.5, 0.6) is 5.75 Å². The smallest absolute Gasteiger partial charge is 0.406 e. The summed E-state index contributed by atoms with van der Waals surface area (Å²) in [5.41, 5.74) is 1.30. The first kappa shape index (κ1) is 14.4. The molecule has 0 saturated carbocycles. The van der Waals surface area contributed by atoms with E-state index in [9.17, 15) is 13.2 Å². The second-order valence-electron chi connectivity index (χ2n) is 3.76. The van der Waals surface area contributed by atoms with E-state index in [4.69, 9.17) is 11.6 Å². The average Bonchev–Trinajstić information content (AvgIpc) is 2.36. The SMILES string of the molecule is FC(F)(F)Oc1ccc(NCc2cc(Cl)ncn2)cc1. The summed E-state index contributed by atoms with van der Waals surface area (Å²) in [6.07, 6.45) is -3.35. The molecule has 0 fully saturated rings. The maximum Gasteiger partial charge on any atom is 0.573 e. The summed E-state index contributed by atoms with van der Waals surface area (Å²) in [6.45, 7) is 0.377. The summed E-state index contributed by atoms with van der Waals surface area (Å²) >= 11 is 5.71. The van der Waals surface area contributed by atoms with Gasteiger partial charge in [0.25, 0.3) is 0 Å². The van der Waals surface area contributed by atoms with Gasteiger partial charge in [-0.25, -0.2) is 9.97 Å². The molecule has 0 aliphatic heterocycles. The van der Waals surface area contributed by atoms with Crippen molar-refractivity contribution in [2.24, 2.45) is 0 Å². The fourth-order valence-electron chi connectivity index (χ4n) is 1.43. The second kappa shape index (κ2) is 5.96. The zero-order valence-electron chi connectivity index (χ0n) is 9.99. The van der Waals surface area contributed by atoms with Crippen LogP contribution in [0.3, 0.4) is 0 Å². The maximum absolute atomic E-state index is 12.0. The van der Waals surface area contributed by atoms with E-state index in [0.717, 1.165) is 0 Å². The molecule has 4 nitrogen and oxygen atoms in total. The number of benzene rings is 1. The summed E-state index contributed by atoms with van der Waals surface area (Å²) in [7, 11) is 0. The molecule has 2 rings (SSSR count). The third-order valence-corrected chi connectivity index (χ3v) is 2.46. The molecule has 0 saturated heterocycles. The first-order valence-electron chi connectivity index (χ1n) is 5.48. The summed E-state index contributed by atoms with van der Waals surface area (Å²) in [5, 5.41) is 3.32. The molecule has 0 aliphatic carbocycles. The van der Waals surface area contributed by atoms with Crippen LogP contribution in [0.2, 0.25) is 5.15 Å². The zero-order chi connectivity index (χ0) is 14.6. The van der Waals surface area contributed by atoms with Gasteiger partial charge in [-0.1, -0.05) is 11.6 Å². The van der Waals surface area contributed by atoms with Crippen LogP contribution in [-0.4, -0.2) is 16.3 Å². The fraction of sp³-hybridized carbons (Fsp3) is 0.167. The van der Waals surface area contributed by atoms with Gasteiger partial charge in [0.05, 0.1) is 12.2 Å². The van der Waals surface area contributed by atoms with Crippen molar-refractivity contribution in [3.63, 3.8) is 0 Å². The molecule has 1 aromatic heterocycles. The Labute approximate surface area is 117 Å². The Morgan fingerprint density at radius 2 is 1.85 bits per heavy atom. The average molecular weight is 304 g/mol. The van der Waals surface area contributed by atoms with Crippen molar-refractivity contribution in [2.45, 2.75) is 12.9 Å². The van der Waals surface area contributed by atoms with Gasteiger partial charge in [0, 0.05) is 5.69 Å². The van der Waals surface area contributed by atoms with Crippen LogP contribution in [0.15, 0.2) is 36.7 Å². The molecular weight excluding hydrogens is 295 g/mol. The Kier molecular flexibility index (Phi) is 4.29. The quantitative estimate of drug-likeness (QED) is 0.876. The van der Waals surface area contributed by atoms with Crippen molar-refractivity contribution in [1.29, 1.82) is 0 Å². The number of ether oxygens (including phenoxy) is 1. The van der Waals surface area contributed by atoms with Gasteiger partial charge in [0.15, 0.2) is 0 Å². The van der Waals surface area contributed by atoms with E-state index in [2.05, 4.69) is 20.0 Å². The molecule has 0 radical (unpaired) electrons. The number of anilines is 1. The molecule has 2 aromatic rings. The molecular formula is C12H9ClF3N3O. The van der Waals surface area contributed by atoms with Crippen molar-refractivity contribution < 1.29 is 17.9 Å². The highest BCUT2D eigenvalue weighted by molar-refractivity contribution is 6.29. The Hall–Kier alpha value is -2.02. The lowest BCUT2D eigenvalue weighted by Crippen LogP contribution is -2.17. The molecule has 0 spiro atoms. The second-order valence-corrected chi connectivity index (χ2v) is 4.15. The van der Waals surface area contributed by atoms with Gasteiger partial charge in [-0.15, -0.1) is 13.2 Å². The lowest BCUT2D eigenvalue weighted by Gasteiger charge is -2.10. The Balaban J connectivity index is 1.94. The standard InChI is InChI=1S/C12H9ClF3N3O/c13-11-5-9(18-7-19-11)6-17-8-1-3-10(4-2-8)20-12(14,15)16/h1-5,7,17H,6H2.